The van der Waals surface area contributed by atoms with E-state index in [0.29, 0.717) is 18.7 Å². The SMILES string of the molecule is CCNC(=NCc1cccc(C#N)c1)NCC(C)Oc1ccccc1C.I. The van der Waals surface area contributed by atoms with E-state index in [1.165, 1.54) is 0 Å². The third-order valence-corrected chi connectivity index (χ3v) is 3.80. The number of nitrogens with zero attached hydrogens (tertiary/aromatic N) is 2. The van der Waals surface area contributed by atoms with Crippen molar-refractivity contribution in [3.63, 3.8) is 0 Å². The van der Waals surface area contributed by atoms with E-state index in [0.717, 1.165) is 29.4 Å². The van der Waals surface area contributed by atoms with Crippen molar-refractivity contribution in [1.82, 2.24) is 10.6 Å². The first-order chi connectivity index (χ1) is 12.6. The number of aryl methyl sites for hydroxylation is 1. The summed E-state index contributed by atoms with van der Waals surface area (Å²) in [5.41, 5.74) is 2.78. The van der Waals surface area contributed by atoms with Crippen LogP contribution in [0.2, 0.25) is 0 Å². The predicted octanol–water partition coefficient (Wildman–Crippen LogP) is 4.01. The molecule has 0 radical (unpaired) electrons. The standard InChI is InChI=1S/C21H26N4O.HI/c1-4-23-21(25-15-19-10-7-9-18(12-19)13-22)24-14-17(3)26-20-11-6-5-8-16(20)2;/h5-12,17H,4,14-15H2,1-3H3,(H2,23,24,25);1H. The van der Waals surface area contributed by atoms with Crippen LogP contribution < -0.4 is 15.4 Å². The first-order valence-corrected chi connectivity index (χ1v) is 8.86. The molecule has 27 heavy (non-hydrogen) atoms. The second-order valence-electron chi connectivity index (χ2n) is 6.08. The van der Waals surface area contributed by atoms with Gasteiger partial charge >= 0.3 is 0 Å². The minimum absolute atomic E-state index is 0. The molecule has 0 aliphatic heterocycles. The number of nitriles is 1. The Hall–Kier alpha value is -2.27. The third kappa shape index (κ3) is 7.87. The van der Waals surface area contributed by atoms with Gasteiger partial charge in [0, 0.05) is 6.54 Å². The number of para-hydroxylation sites is 1. The molecule has 0 aliphatic rings. The predicted molar refractivity (Wildman–Crippen MR) is 121 cm³/mol. The van der Waals surface area contributed by atoms with Gasteiger partial charge in [0.15, 0.2) is 5.96 Å². The number of benzene rings is 2. The molecule has 0 saturated carbocycles. The minimum atomic E-state index is 0. The summed E-state index contributed by atoms with van der Waals surface area (Å²) in [5, 5.41) is 15.5. The molecule has 0 saturated heterocycles. The number of ether oxygens (including phenoxy) is 1. The number of nitrogens with one attached hydrogen (secondary N) is 2. The molecule has 5 nitrogen and oxygen atoms in total. The summed E-state index contributed by atoms with van der Waals surface area (Å²) < 4.78 is 5.99. The number of aliphatic imine (C=N–C) groups is 1. The maximum absolute atomic E-state index is 8.99. The number of guanidine groups is 1. The fourth-order valence-corrected chi connectivity index (χ4v) is 2.44. The lowest BCUT2D eigenvalue weighted by Crippen LogP contribution is -2.41. The fourth-order valence-electron chi connectivity index (χ4n) is 2.44. The van der Waals surface area contributed by atoms with Gasteiger partial charge in [-0.15, -0.1) is 24.0 Å². The van der Waals surface area contributed by atoms with Gasteiger partial charge in [-0.1, -0.05) is 30.3 Å². The molecular weight excluding hydrogens is 451 g/mol. The first-order valence-electron chi connectivity index (χ1n) is 8.86. The highest BCUT2D eigenvalue weighted by Crippen LogP contribution is 2.17. The van der Waals surface area contributed by atoms with Gasteiger partial charge in [-0.25, -0.2) is 4.99 Å². The van der Waals surface area contributed by atoms with E-state index in [2.05, 4.69) is 21.7 Å². The molecule has 2 aromatic carbocycles. The van der Waals surface area contributed by atoms with E-state index in [4.69, 9.17) is 10.00 Å². The van der Waals surface area contributed by atoms with Crippen LogP contribution in [0.4, 0.5) is 0 Å². The molecule has 6 heteroatoms. The highest BCUT2D eigenvalue weighted by Gasteiger charge is 2.07. The van der Waals surface area contributed by atoms with E-state index in [-0.39, 0.29) is 30.1 Å². The summed E-state index contributed by atoms with van der Waals surface area (Å²) in [6.07, 6.45) is 0.00173. The van der Waals surface area contributed by atoms with Crippen molar-refractivity contribution < 1.29 is 4.74 Å². The molecule has 0 spiro atoms. The van der Waals surface area contributed by atoms with Crippen molar-refractivity contribution in [3.8, 4) is 11.8 Å². The van der Waals surface area contributed by atoms with Crippen LogP contribution in [0.3, 0.4) is 0 Å². The van der Waals surface area contributed by atoms with Crippen molar-refractivity contribution in [1.29, 1.82) is 5.26 Å². The fraction of sp³-hybridized carbons (Fsp3) is 0.333. The van der Waals surface area contributed by atoms with Crippen LogP contribution in [0.5, 0.6) is 5.75 Å². The summed E-state index contributed by atoms with van der Waals surface area (Å²) in [5.74, 6) is 1.63. The molecule has 144 valence electrons. The van der Waals surface area contributed by atoms with Crippen molar-refractivity contribution in [2.45, 2.75) is 33.4 Å². The average molecular weight is 478 g/mol. The number of hydrogen-bond donors (Lipinski definition) is 2. The largest absolute Gasteiger partial charge is 0.489 e. The molecule has 2 N–H and O–H groups in total. The van der Waals surface area contributed by atoms with Crippen LogP contribution in [-0.4, -0.2) is 25.2 Å². The van der Waals surface area contributed by atoms with E-state index in [1.54, 1.807) is 6.07 Å². The average Bonchev–Trinajstić information content (AvgIpc) is 2.66. The van der Waals surface area contributed by atoms with Crippen molar-refractivity contribution in [2.75, 3.05) is 13.1 Å². The lowest BCUT2D eigenvalue weighted by Gasteiger charge is -2.18. The van der Waals surface area contributed by atoms with Gasteiger partial charge < -0.3 is 15.4 Å². The summed E-state index contributed by atoms with van der Waals surface area (Å²) in [7, 11) is 0. The van der Waals surface area contributed by atoms with Crippen molar-refractivity contribution >= 4 is 29.9 Å². The van der Waals surface area contributed by atoms with Gasteiger partial charge in [0.1, 0.15) is 11.9 Å². The highest BCUT2D eigenvalue weighted by molar-refractivity contribution is 14.0. The topological polar surface area (TPSA) is 69.4 Å². The molecule has 1 unspecified atom stereocenters. The Labute approximate surface area is 178 Å². The van der Waals surface area contributed by atoms with Gasteiger partial charge in [0.05, 0.1) is 24.7 Å². The number of halogens is 1. The normalized spacial score (nSPS) is 11.7. The minimum Gasteiger partial charge on any atom is -0.489 e. The van der Waals surface area contributed by atoms with E-state index >= 15 is 0 Å². The maximum Gasteiger partial charge on any atom is 0.191 e. The second-order valence-corrected chi connectivity index (χ2v) is 6.08. The highest BCUT2D eigenvalue weighted by atomic mass is 127. The zero-order valence-corrected chi connectivity index (χ0v) is 18.4. The van der Waals surface area contributed by atoms with Crippen LogP contribution in [0.15, 0.2) is 53.5 Å². The summed E-state index contributed by atoms with van der Waals surface area (Å²) in [4.78, 5) is 4.59. The smallest absolute Gasteiger partial charge is 0.191 e. The molecule has 0 fully saturated rings. The zero-order valence-electron chi connectivity index (χ0n) is 16.0. The quantitative estimate of drug-likeness (QED) is 0.359. The lowest BCUT2D eigenvalue weighted by molar-refractivity contribution is 0.222. The van der Waals surface area contributed by atoms with E-state index in [9.17, 15) is 0 Å². The summed E-state index contributed by atoms with van der Waals surface area (Å²) >= 11 is 0. The van der Waals surface area contributed by atoms with Crippen LogP contribution in [0.25, 0.3) is 0 Å². The van der Waals surface area contributed by atoms with E-state index in [1.807, 2.05) is 63.2 Å². The van der Waals surface area contributed by atoms with Crippen molar-refractivity contribution in [3.05, 3.63) is 65.2 Å². The van der Waals surface area contributed by atoms with Gasteiger partial charge in [-0.2, -0.15) is 5.26 Å². The number of rotatable bonds is 7. The molecule has 2 aromatic rings. The lowest BCUT2D eigenvalue weighted by atomic mass is 10.1. The van der Waals surface area contributed by atoms with E-state index < -0.39 is 0 Å². The molecule has 0 heterocycles. The summed E-state index contributed by atoms with van der Waals surface area (Å²) in [6, 6.07) is 17.6. The Balaban J connectivity index is 0.00000364. The number of hydrogen-bond acceptors (Lipinski definition) is 3. The van der Waals surface area contributed by atoms with Gasteiger partial charge in [-0.3, -0.25) is 0 Å². The molecule has 1 atom stereocenters. The Morgan fingerprint density at radius 1 is 1.19 bits per heavy atom. The molecular formula is C21H27IN4O. The summed E-state index contributed by atoms with van der Waals surface area (Å²) in [6.45, 7) is 8.02. The van der Waals surface area contributed by atoms with Crippen LogP contribution in [0.1, 0.15) is 30.5 Å². The Kier molecular flexibility index (Phi) is 10.3. The molecule has 0 amide bonds. The Morgan fingerprint density at radius 3 is 2.67 bits per heavy atom. The third-order valence-electron chi connectivity index (χ3n) is 3.80. The van der Waals surface area contributed by atoms with Crippen molar-refractivity contribution in [2.24, 2.45) is 4.99 Å². The molecule has 0 aromatic heterocycles. The molecule has 2 rings (SSSR count). The monoisotopic (exact) mass is 478 g/mol. The molecule has 0 bridgehead atoms. The van der Waals surface area contributed by atoms with Crippen LogP contribution >= 0.6 is 24.0 Å². The maximum atomic E-state index is 8.99. The van der Waals surface area contributed by atoms with Gasteiger partial charge in [-0.05, 0) is 50.1 Å². The molecule has 0 aliphatic carbocycles. The van der Waals surface area contributed by atoms with Crippen LogP contribution in [0, 0.1) is 18.3 Å². The van der Waals surface area contributed by atoms with Gasteiger partial charge in [0.25, 0.3) is 0 Å². The zero-order chi connectivity index (χ0) is 18.8. The second kappa shape index (κ2) is 12.2. The van der Waals surface area contributed by atoms with Gasteiger partial charge in [0.2, 0.25) is 0 Å². The first kappa shape index (κ1) is 22.8. The van der Waals surface area contributed by atoms with Crippen LogP contribution in [-0.2, 0) is 6.54 Å². The Morgan fingerprint density at radius 2 is 1.96 bits per heavy atom. The Bertz CT molecular complexity index is 786.